The van der Waals surface area contributed by atoms with Crippen molar-refractivity contribution in [1.82, 2.24) is 30.1 Å². The van der Waals surface area contributed by atoms with Gasteiger partial charge in [-0.3, -0.25) is 14.2 Å². The Bertz CT molecular complexity index is 531. The predicted octanol–water partition coefficient (Wildman–Crippen LogP) is -0.103. The summed E-state index contributed by atoms with van der Waals surface area (Å²) in [4.78, 5) is 11.9. The molecule has 0 saturated carbocycles. The van der Waals surface area contributed by atoms with Crippen molar-refractivity contribution in [3.05, 3.63) is 24.3 Å². The van der Waals surface area contributed by atoms with Crippen LogP contribution in [0.4, 0.5) is 5.69 Å². The number of rotatable bonds is 6. The molecule has 0 saturated heterocycles. The molecular formula is C11H17N7O. The maximum atomic E-state index is 11.9. The van der Waals surface area contributed by atoms with Gasteiger partial charge in [0.2, 0.25) is 0 Å². The number of carbonyl (C=O) groups excluding carboxylic acids is 1. The molecule has 2 aromatic rings. The monoisotopic (exact) mass is 263 g/mol. The molecule has 2 aromatic heterocycles. The van der Waals surface area contributed by atoms with Gasteiger partial charge >= 0.3 is 0 Å². The number of nitrogen functional groups attached to an aromatic ring is 1. The fraction of sp³-hybridized carbons (Fsp3) is 0.455. The van der Waals surface area contributed by atoms with Crippen LogP contribution in [0, 0.1) is 0 Å². The molecule has 0 aliphatic heterocycles. The van der Waals surface area contributed by atoms with E-state index in [4.69, 9.17) is 5.73 Å². The third-order valence-corrected chi connectivity index (χ3v) is 2.65. The third-order valence-electron chi connectivity index (χ3n) is 2.65. The van der Waals surface area contributed by atoms with Gasteiger partial charge in [-0.15, -0.1) is 5.10 Å². The Balaban J connectivity index is 1.79. The van der Waals surface area contributed by atoms with E-state index in [1.54, 1.807) is 28.0 Å². The lowest BCUT2D eigenvalue weighted by molar-refractivity contribution is 0.0947. The zero-order valence-corrected chi connectivity index (χ0v) is 10.8. The number of hydrogen-bond acceptors (Lipinski definition) is 5. The summed E-state index contributed by atoms with van der Waals surface area (Å²) in [7, 11) is 0. The van der Waals surface area contributed by atoms with Crippen molar-refractivity contribution in [1.29, 1.82) is 0 Å². The molecule has 8 nitrogen and oxygen atoms in total. The quantitative estimate of drug-likeness (QED) is 0.708. The van der Waals surface area contributed by atoms with Gasteiger partial charge < -0.3 is 11.1 Å². The minimum atomic E-state index is -0.247. The topological polar surface area (TPSA) is 104 Å². The van der Waals surface area contributed by atoms with E-state index in [0.717, 1.165) is 6.42 Å². The molecule has 0 radical (unpaired) electrons. The van der Waals surface area contributed by atoms with E-state index >= 15 is 0 Å². The molecule has 3 N–H and O–H groups in total. The minimum Gasteiger partial charge on any atom is -0.396 e. The Morgan fingerprint density at radius 3 is 2.95 bits per heavy atom. The van der Waals surface area contributed by atoms with Crippen LogP contribution in [0.3, 0.4) is 0 Å². The van der Waals surface area contributed by atoms with Crippen molar-refractivity contribution in [2.45, 2.75) is 26.4 Å². The zero-order chi connectivity index (χ0) is 13.7. The highest BCUT2D eigenvalue weighted by molar-refractivity contribution is 5.96. The third kappa shape index (κ3) is 3.30. The van der Waals surface area contributed by atoms with Crippen molar-refractivity contribution >= 4 is 11.6 Å². The largest absolute Gasteiger partial charge is 0.396 e. The van der Waals surface area contributed by atoms with Crippen molar-refractivity contribution in [3.63, 3.8) is 0 Å². The highest BCUT2D eigenvalue weighted by Crippen LogP contribution is 2.08. The number of anilines is 1. The van der Waals surface area contributed by atoms with Crippen LogP contribution in [0.5, 0.6) is 0 Å². The second kappa shape index (κ2) is 5.98. The molecule has 0 unspecified atom stereocenters. The van der Waals surface area contributed by atoms with Crippen LogP contribution in [0.15, 0.2) is 18.6 Å². The molecular weight excluding hydrogens is 246 g/mol. The van der Waals surface area contributed by atoms with Crippen LogP contribution in [-0.2, 0) is 13.1 Å². The number of aryl methyl sites for hydroxylation is 2. The lowest BCUT2D eigenvalue weighted by Gasteiger charge is -2.03. The summed E-state index contributed by atoms with van der Waals surface area (Å²) in [6.07, 6.45) is 5.83. The standard InChI is InChI=1S/C11H17N7O/c1-2-17-8-9(12)10(15-17)11(19)13-4-3-6-18-7-5-14-16-18/h5,7-8H,2-4,6,12H2,1H3,(H,13,19). The van der Waals surface area contributed by atoms with Gasteiger partial charge in [-0.25, -0.2) is 0 Å². The molecule has 102 valence electrons. The number of nitrogens with one attached hydrogen (secondary N) is 1. The molecule has 2 heterocycles. The van der Waals surface area contributed by atoms with Crippen LogP contribution in [-0.4, -0.2) is 37.2 Å². The molecule has 19 heavy (non-hydrogen) atoms. The molecule has 0 bridgehead atoms. The minimum absolute atomic E-state index is 0.247. The highest BCUT2D eigenvalue weighted by Gasteiger charge is 2.13. The Hall–Kier alpha value is -2.38. The van der Waals surface area contributed by atoms with Gasteiger partial charge in [-0.05, 0) is 13.3 Å². The zero-order valence-electron chi connectivity index (χ0n) is 10.8. The van der Waals surface area contributed by atoms with Crippen LogP contribution < -0.4 is 11.1 Å². The van der Waals surface area contributed by atoms with Gasteiger partial charge in [-0.2, -0.15) is 5.10 Å². The second-order valence-electron chi connectivity index (χ2n) is 4.06. The van der Waals surface area contributed by atoms with E-state index in [2.05, 4.69) is 20.7 Å². The van der Waals surface area contributed by atoms with Gasteiger partial charge in [0.15, 0.2) is 5.69 Å². The number of nitrogens with two attached hydrogens (primary N) is 1. The Morgan fingerprint density at radius 2 is 2.32 bits per heavy atom. The lowest BCUT2D eigenvalue weighted by Crippen LogP contribution is -2.26. The first-order valence-corrected chi connectivity index (χ1v) is 6.16. The SMILES string of the molecule is CCn1cc(N)c(C(=O)NCCCn2ccnn2)n1. The van der Waals surface area contributed by atoms with Gasteiger partial charge in [-0.1, -0.05) is 5.21 Å². The van der Waals surface area contributed by atoms with Crippen LogP contribution in [0.1, 0.15) is 23.8 Å². The number of aromatic nitrogens is 5. The van der Waals surface area contributed by atoms with Gasteiger partial charge in [0.1, 0.15) is 0 Å². The van der Waals surface area contributed by atoms with Crippen molar-refractivity contribution < 1.29 is 4.79 Å². The number of nitrogens with zero attached hydrogens (tertiary/aromatic N) is 5. The maximum Gasteiger partial charge on any atom is 0.273 e. The predicted molar refractivity (Wildman–Crippen MR) is 69.3 cm³/mol. The smallest absolute Gasteiger partial charge is 0.273 e. The summed E-state index contributed by atoms with van der Waals surface area (Å²) >= 11 is 0. The van der Waals surface area contributed by atoms with Gasteiger partial charge in [0.25, 0.3) is 5.91 Å². The first-order chi connectivity index (χ1) is 9.20. The number of carbonyl (C=O) groups is 1. The Kier molecular flexibility index (Phi) is 4.11. The Labute approximate surface area is 110 Å². The molecule has 0 spiro atoms. The molecule has 0 aliphatic carbocycles. The molecule has 0 atom stereocenters. The van der Waals surface area contributed by atoms with E-state index < -0.39 is 0 Å². The first-order valence-electron chi connectivity index (χ1n) is 6.16. The van der Waals surface area contributed by atoms with Gasteiger partial charge in [0, 0.05) is 32.0 Å². The van der Waals surface area contributed by atoms with E-state index in [-0.39, 0.29) is 11.6 Å². The lowest BCUT2D eigenvalue weighted by atomic mass is 10.3. The van der Waals surface area contributed by atoms with Crippen LogP contribution >= 0.6 is 0 Å². The fourth-order valence-electron chi connectivity index (χ4n) is 1.65. The summed E-state index contributed by atoms with van der Waals surface area (Å²) in [5, 5.41) is 14.4. The summed E-state index contributed by atoms with van der Waals surface area (Å²) in [6.45, 7) is 3.87. The first kappa shape index (κ1) is 13.1. The molecule has 1 amide bonds. The maximum absolute atomic E-state index is 11.9. The average molecular weight is 263 g/mol. The molecule has 2 rings (SSSR count). The molecule has 0 aliphatic rings. The highest BCUT2D eigenvalue weighted by atomic mass is 16.1. The summed E-state index contributed by atoms with van der Waals surface area (Å²) in [5.41, 5.74) is 6.41. The van der Waals surface area contributed by atoms with E-state index in [0.29, 0.717) is 25.3 Å². The van der Waals surface area contributed by atoms with Crippen LogP contribution in [0.2, 0.25) is 0 Å². The fourth-order valence-corrected chi connectivity index (χ4v) is 1.65. The van der Waals surface area contributed by atoms with E-state index in [1.165, 1.54) is 0 Å². The number of hydrogen-bond donors (Lipinski definition) is 2. The van der Waals surface area contributed by atoms with Gasteiger partial charge in [0.05, 0.1) is 11.9 Å². The van der Waals surface area contributed by atoms with Crippen LogP contribution in [0.25, 0.3) is 0 Å². The molecule has 0 fully saturated rings. The Morgan fingerprint density at radius 1 is 1.47 bits per heavy atom. The average Bonchev–Trinajstić information content (AvgIpc) is 3.03. The summed E-state index contributed by atoms with van der Waals surface area (Å²) in [6, 6.07) is 0. The number of amides is 1. The van der Waals surface area contributed by atoms with Crippen molar-refractivity contribution in [2.24, 2.45) is 0 Å². The summed E-state index contributed by atoms with van der Waals surface area (Å²) in [5.74, 6) is -0.247. The van der Waals surface area contributed by atoms with Crippen molar-refractivity contribution in [3.8, 4) is 0 Å². The normalized spacial score (nSPS) is 10.6. The van der Waals surface area contributed by atoms with Crippen molar-refractivity contribution in [2.75, 3.05) is 12.3 Å². The molecule has 8 heteroatoms. The summed E-state index contributed by atoms with van der Waals surface area (Å²) < 4.78 is 3.35. The van der Waals surface area contributed by atoms with E-state index in [1.807, 2.05) is 6.92 Å². The second-order valence-corrected chi connectivity index (χ2v) is 4.06. The van der Waals surface area contributed by atoms with E-state index in [9.17, 15) is 4.79 Å². The molecule has 0 aromatic carbocycles.